The smallest absolute Gasteiger partial charge is 0.407 e. The van der Waals surface area contributed by atoms with Crippen LogP contribution in [-0.4, -0.2) is 79.1 Å². The standard InChI is InChI=1S/C46H54N4O9/c1-29-25-31(22-23-40(29)51)27-39(50-45(56)58-28-36-34-19-11-9-17-32(34)33-18-10-12-20-35(33)36)42(53)49-38(26-30-15-7-6-8-16-30)41(52)48-37(43(54)57-5)21-13-14-24-47-44(55)59-46(2,3)4/h6-12,15-20,22-23,25,36-39,51H,13-14,21,24,26-28H2,1-5H3,(H,47,55)(H,48,52)(H,49,53)(H,50,56)/t37-,38-,39-/m1/s1. The number of hydrogen-bond donors (Lipinski definition) is 5. The number of esters is 1. The minimum absolute atomic E-state index is 0.0128. The number of rotatable bonds is 17. The summed E-state index contributed by atoms with van der Waals surface area (Å²) in [6.45, 7) is 7.34. The molecule has 0 spiro atoms. The Labute approximate surface area is 345 Å². The highest BCUT2D eigenvalue weighted by atomic mass is 16.6. The second-order valence-corrected chi connectivity index (χ2v) is 15.6. The van der Waals surface area contributed by atoms with Gasteiger partial charge < -0.3 is 40.6 Å². The second kappa shape index (κ2) is 20.4. The molecule has 0 saturated heterocycles. The van der Waals surface area contributed by atoms with E-state index in [1.54, 1.807) is 39.8 Å². The van der Waals surface area contributed by atoms with Crippen LogP contribution in [-0.2, 0) is 41.4 Å². The van der Waals surface area contributed by atoms with Crippen LogP contribution in [0.5, 0.6) is 5.75 Å². The highest BCUT2D eigenvalue weighted by Gasteiger charge is 2.32. The molecule has 4 aromatic carbocycles. The van der Waals surface area contributed by atoms with Gasteiger partial charge in [-0.05, 0) is 92.0 Å². The molecule has 4 aromatic rings. The molecule has 0 fully saturated rings. The third-order valence-corrected chi connectivity index (χ3v) is 9.96. The van der Waals surface area contributed by atoms with Gasteiger partial charge in [0.15, 0.2) is 0 Å². The maximum atomic E-state index is 14.2. The molecule has 5 N–H and O–H groups in total. The molecule has 0 aromatic heterocycles. The van der Waals surface area contributed by atoms with Crippen molar-refractivity contribution in [2.75, 3.05) is 20.3 Å². The van der Waals surface area contributed by atoms with Crippen LogP contribution in [0.25, 0.3) is 11.1 Å². The van der Waals surface area contributed by atoms with Crippen molar-refractivity contribution in [1.82, 2.24) is 21.3 Å². The first-order valence-corrected chi connectivity index (χ1v) is 19.8. The first-order chi connectivity index (χ1) is 28.2. The van der Waals surface area contributed by atoms with E-state index in [0.29, 0.717) is 30.5 Å². The summed E-state index contributed by atoms with van der Waals surface area (Å²) in [5.41, 5.74) is 5.55. The Balaban J connectivity index is 1.30. The van der Waals surface area contributed by atoms with E-state index in [0.717, 1.165) is 27.8 Å². The normalized spacial score (nSPS) is 13.4. The molecule has 0 heterocycles. The maximum Gasteiger partial charge on any atom is 0.407 e. The molecule has 3 atom stereocenters. The van der Waals surface area contributed by atoms with Gasteiger partial charge in [-0.15, -0.1) is 0 Å². The summed E-state index contributed by atoms with van der Waals surface area (Å²) in [6, 6.07) is 26.5. The molecular formula is C46H54N4O9. The van der Waals surface area contributed by atoms with Crippen molar-refractivity contribution in [1.29, 1.82) is 0 Å². The lowest BCUT2D eigenvalue weighted by atomic mass is 9.98. The number of benzene rings is 4. The van der Waals surface area contributed by atoms with Crippen molar-refractivity contribution in [3.8, 4) is 16.9 Å². The fourth-order valence-electron chi connectivity index (χ4n) is 7.04. The average Bonchev–Trinajstić information content (AvgIpc) is 3.53. The molecule has 5 rings (SSSR count). The van der Waals surface area contributed by atoms with Crippen molar-refractivity contribution in [3.63, 3.8) is 0 Å². The van der Waals surface area contributed by atoms with Crippen LogP contribution in [0.1, 0.15) is 73.8 Å². The molecule has 0 aliphatic heterocycles. The third-order valence-electron chi connectivity index (χ3n) is 9.96. The number of alkyl carbamates (subject to hydrolysis) is 2. The van der Waals surface area contributed by atoms with Crippen molar-refractivity contribution >= 4 is 30.0 Å². The number of nitrogens with one attached hydrogen (secondary N) is 4. The molecule has 13 nitrogen and oxygen atoms in total. The minimum atomic E-state index is -1.20. The lowest BCUT2D eigenvalue weighted by Crippen LogP contribution is -2.57. The molecular weight excluding hydrogens is 753 g/mol. The van der Waals surface area contributed by atoms with E-state index in [2.05, 4.69) is 21.3 Å². The number of hydrogen-bond acceptors (Lipinski definition) is 9. The number of aryl methyl sites for hydroxylation is 1. The van der Waals surface area contributed by atoms with Crippen LogP contribution in [0, 0.1) is 6.92 Å². The van der Waals surface area contributed by atoms with Crippen molar-refractivity contribution < 1.29 is 43.3 Å². The molecule has 0 bridgehead atoms. The van der Waals surface area contributed by atoms with Gasteiger partial charge in [-0.2, -0.15) is 0 Å². The van der Waals surface area contributed by atoms with Crippen molar-refractivity contribution in [2.45, 2.75) is 89.4 Å². The zero-order valence-corrected chi connectivity index (χ0v) is 34.2. The van der Waals surface area contributed by atoms with E-state index in [4.69, 9.17) is 14.2 Å². The van der Waals surface area contributed by atoms with E-state index >= 15 is 0 Å². The van der Waals surface area contributed by atoms with Crippen molar-refractivity contribution in [3.05, 3.63) is 125 Å². The first kappa shape index (κ1) is 43.7. The number of phenolic OH excluding ortho intramolecular Hbond substituents is 1. The van der Waals surface area contributed by atoms with Gasteiger partial charge in [-0.3, -0.25) is 9.59 Å². The van der Waals surface area contributed by atoms with E-state index < -0.39 is 53.7 Å². The number of carbonyl (C=O) groups is 5. The predicted octanol–water partition coefficient (Wildman–Crippen LogP) is 6.23. The Hall–Kier alpha value is -6.37. The van der Waals surface area contributed by atoms with Gasteiger partial charge in [-0.1, -0.05) is 91.0 Å². The third kappa shape index (κ3) is 12.6. The Bertz CT molecular complexity index is 2050. The molecule has 4 amide bonds. The Kier molecular flexibility index (Phi) is 15.1. The van der Waals surface area contributed by atoms with Crippen LogP contribution >= 0.6 is 0 Å². The number of methoxy groups -OCH3 is 1. The average molecular weight is 807 g/mol. The summed E-state index contributed by atoms with van der Waals surface area (Å²) >= 11 is 0. The van der Waals surface area contributed by atoms with Gasteiger partial charge >= 0.3 is 18.2 Å². The molecule has 0 unspecified atom stereocenters. The monoisotopic (exact) mass is 806 g/mol. The molecule has 59 heavy (non-hydrogen) atoms. The number of aromatic hydroxyl groups is 1. The number of fused-ring (bicyclic) bond motifs is 3. The minimum Gasteiger partial charge on any atom is -0.508 e. The second-order valence-electron chi connectivity index (χ2n) is 15.6. The van der Waals surface area contributed by atoms with E-state index in [1.807, 2.05) is 78.9 Å². The van der Waals surface area contributed by atoms with Gasteiger partial charge in [0.05, 0.1) is 7.11 Å². The molecule has 0 radical (unpaired) electrons. The molecule has 0 saturated carbocycles. The predicted molar refractivity (Wildman–Crippen MR) is 223 cm³/mol. The summed E-state index contributed by atoms with van der Waals surface area (Å²) in [6.07, 6.45) is -0.148. The van der Waals surface area contributed by atoms with Gasteiger partial charge in [0, 0.05) is 25.3 Å². The largest absolute Gasteiger partial charge is 0.508 e. The van der Waals surface area contributed by atoms with Crippen LogP contribution in [0.4, 0.5) is 9.59 Å². The van der Waals surface area contributed by atoms with Crippen LogP contribution in [0.2, 0.25) is 0 Å². The summed E-state index contributed by atoms with van der Waals surface area (Å²) < 4.78 is 16.1. The van der Waals surface area contributed by atoms with E-state index in [1.165, 1.54) is 13.2 Å². The van der Waals surface area contributed by atoms with Crippen LogP contribution < -0.4 is 21.3 Å². The zero-order valence-electron chi connectivity index (χ0n) is 34.2. The number of amides is 4. The summed E-state index contributed by atoms with van der Waals surface area (Å²) in [4.78, 5) is 66.7. The number of unbranched alkanes of at least 4 members (excludes halogenated alkanes) is 1. The summed E-state index contributed by atoms with van der Waals surface area (Å²) in [5.74, 6) is -2.09. The van der Waals surface area contributed by atoms with Gasteiger partial charge in [0.1, 0.15) is 36.1 Å². The Morgan fingerprint density at radius 1 is 0.695 bits per heavy atom. The van der Waals surface area contributed by atoms with E-state index in [-0.39, 0.29) is 37.5 Å². The van der Waals surface area contributed by atoms with Gasteiger partial charge in [0.25, 0.3) is 0 Å². The first-order valence-electron chi connectivity index (χ1n) is 19.8. The Morgan fingerprint density at radius 3 is 1.88 bits per heavy atom. The van der Waals surface area contributed by atoms with Crippen LogP contribution in [0.3, 0.4) is 0 Å². The maximum absolute atomic E-state index is 14.2. The fourth-order valence-corrected chi connectivity index (χ4v) is 7.04. The van der Waals surface area contributed by atoms with Gasteiger partial charge in [-0.25, -0.2) is 14.4 Å². The van der Waals surface area contributed by atoms with Gasteiger partial charge in [0.2, 0.25) is 11.8 Å². The lowest BCUT2D eigenvalue weighted by Gasteiger charge is -2.25. The quantitative estimate of drug-likeness (QED) is 0.0470. The lowest BCUT2D eigenvalue weighted by molar-refractivity contribution is -0.145. The highest BCUT2D eigenvalue weighted by molar-refractivity contribution is 5.93. The molecule has 13 heteroatoms. The molecule has 312 valence electrons. The molecule has 1 aliphatic carbocycles. The topological polar surface area (TPSA) is 181 Å². The fraction of sp³-hybridized carbons (Fsp3) is 0.370. The number of phenols is 1. The number of carbonyl (C=O) groups excluding carboxylic acids is 5. The summed E-state index contributed by atoms with van der Waals surface area (Å²) in [5, 5.41) is 21.2. The zero-order chi connectivity index (χ0) is 42.5. The number of ether oxygens (including phenoxy) is 3. The van der Waals surface area contributed by atoms with Crippen LogP contribution in [0.15, 0.2) is 97.1 Å². The van der Waals surface area contributed by atoms with E-state index in [9.17, 15) is 29.1 Å². The van der Waals surface area contributed by atoms with Crippen molar-refractivity contribution in [2.24, 2.45) is 0 Å². The highest BCUT2D eigenvalue weighted by Crippen LogP contribution is 2.44. The molecule has 1 aliphatic rings. The SMILES string of the molecule is COC(=O)[C@@H](CCCCNC(=O)OC(C)(C)C)NC(=O)[C@@H](Cc1ccccc1)NC(=O)[C@@H](Cc1ccc(O)c(C)c1)NC(=O)OCC1c2ccccc2-c2ccccc21. The summed E-state index contributed by atoms with van der Waals surface area (Å²) in [7, 11) is 1.22. The Morgan fingerprint density at radius 2 is 1.27 bits per heavy atom.